The number of benzene rings is 3. The molecule has 0 radical (unpaired) electrons. The molecule has 1 aliphatic heterocycles. The molecular formula is C23H19N2O3P. The summed E-state index contributed by atoms with van der Waals surface area (Å²) in [6, 6.07) is 25.7. The Balaban J connectivity index is 1.66. The van der Waals surface area contributed by atoms with Crippen LogP contribution in [0.3, 0.4) is 0 Å². The molecule has 29 heavy (non-hydrogen) atoms. The van der Waals surface area contributed by atoms with Gasteiger partial charge in [-0.2, -0.15) is 5.10 Å². The fourth-order valence-corrected chi connectivity index (χ4v) is 4.37. The van der Waals surface area contributed by atoms with Crippen LogP contribution in [0.5, 0.6) is 5.75 Å². The summed E-state index contributed by atoms with van der Waals surface area (Å²) in [6.45, 7) is 0. The van der Waals surface area contributed by atoms with Crippen molar-refractivity contribution in [2.24, 2.45) is 5.10 Å². The number of phenolic OH excluding ortho intramolecular Hbond substituents is 1. The third kappa shape index (κ3) is 4.65. The van der Waals surface area contributed by atoms with E-state index in [-0.39, 0.29) is 5.75 Å². The second-order valence-corrected chi connectivity index (χ2v) is 8.62. The number of nitrogens with one attached hydrogen (secondary N) is 1. The highest BCUT2D eigenvalue weighted by Crippen LogP contribution is 2.53. The first-order chi connectivity index (χ1) is 14.1. The van der Waals surface area contributed by atoms with E-state index in [9.17, 15) is 9.67 Å². The molecule has 4 rings (SSSR count). The molecule has 0 aromatic heterocycles. The second-order valence-electron chi connectivity index (χ2n) is 6.48. The number of hydrogen-bond donors (Lipinski definition) is 2. The fourth-order valence-electron chi connectivity index (χ4n) is 2.84. The van der Waals surface area contributed by atoms with Crippen LogP contribution in [0.25, 0.3) is 11.5 Å². The van der Waals surface area contributed by atoms with Gasteiger partial charge in [0.15, 0.2) is 0 Å². The number of hydrazone groups is 1. The summed E-state index contributed by atoms with van der Waals surface area (Å²) >= 11 is 0. The number of ether oxygens (including phenoxy) is 1. The Morgan fingerprint density at radius 3 is 1.83 bits per heavy atom. The topological polar surface area (TPSA) is 70.9 Å². The molecule has 5 nitrogen and oxygen atoms in total. The maximum Gasteiger partial charge on any atom is 0.235 e. The molecule has 1 aliphatic rings. The molecule has 0 spiro atoms. The highest BCUT2D eigenvalue weighted by Gasteiger charge is 2.26. The van der Waals surface area contributed by atoms with Gasteiger partial charge in [0.05, 0.1) is 6.21 Å². The van der Waals surface area contributed by atoms with Gasteiger partial charge in [0.25, 0.3) is 0 Å². The quantitative estimate of drug-likeness (QED) is 0.330. The van der Waals surface area contributed by atoms with E-state index in [2.05, 4.69) is 10.3 Å². The average Bonchev–Trinajstić information content (AvgIpc) is 2.76. The molecule has 144 valence electrons. The third-order valence-corrected chi connectivity index (χ3v) is 5.94. The summed E-state index contributed by atoms with van der Waals surface area (Å²) < 4.78 is 19.6. The van der Waals surface area contributed by atoms with Crippen LogP contribution in [0.1, 0.15) is 16.7 Å². The lowest BCUT2D eigenvalue weighted by atomic mass is 10.2. The maximum absolute atomic E-state index is 13.5. The van der Waals surface area contributed by atoms with E-state index < -0.39 is 7.29 Å². The Morgan fingerprint density at radius 2 is 1.31 bits per heavy atom. The Morgan fingerprint density at radius 1 is 0.793 bits per heavy atom. The van der Waals surface area contributed by atoms with Crippen molar-refractivity contribution in [2.45, 2.75) is 0 Å². The van der Waals surface area contributed by atoms with Crippen molar-refractivity contribution in [3.8, 4) is 5.75 Å². The van der Waals surface area contributed by atoms with Gasteiger partial charge in [0.2, 0.25) is 7.29 Å². The Kier molecular flexibility index (Phi) is 5.32. The maximum atomic E-state index is 13.5. The van der Waals surface area contributed by atoms with E-state index in [1.165, 1.54) is 0 Å². The van der Waals surface area contributed by atoms with Gasteiger partial charge in [-0.05, 0) is 29.8 Å². The van der Waals surface area contributed by atoms with Gasteiger partial charge >= 0.3 is 0 Å². The summed E-state index contributed by atoms with van der Waals surface area (Å²) in [5.74, 6) is 4.38. The van der Waals surface area contributed by atoms with E-state index in [1.54, 1.807) is 42.1 Å². The number of aromatic hydroxyl groups is 1. The molecule has 2 N–H and O–H groups in total. The van der Waals surface area contributed by atoms with Gasteiger partial charge in [-0.15, -0.1) is 0 Å². The van der Waals surface area contributed by atoms with E-state index in [4.69, 9.17) is 4.74 Å². The summed E-state index contributed by atoms with van der Waals surface area (Å²) in [5.41, 5.74) is 2.44. The molecular weight excluding hydrogens is 383 g/mol. The van der Waals surface area contributed by atoms with Crippen LogP contribution in [-0.2, 0) is 9.30 Å². The van der Waals surface area contributed by atoms with Crippen molar-refractivity contribution in [2.75, 3.05) is 0 Å². The minimum absolute atomic E-state index is 0.179. The SMILES string of the molecule is O=P1(NN=Cc2ccc(O)cc2)C=C(c2ccccc2)OC(c2ccccc2)=C1. The third-order valence-electron chi connectivity index (χ3n) is 4.28. The van der Waals surface area contributed by atoms with Crippen LogP contribution in [-0.4, -0.2) is 11.3 Å². The first-order valence-corrected chi connectivity index (χ1v) is 10.9. The van der Waals surface area contributed by atoms with E-state index in [0.29, 0.717) is 11.5 Å². The summed E-state index contributed by atoms with van der Waals surface area (Å²) in [5, 5.41) is 16.3. The number of nitrogens with zero attached hydrogens (tertiary/aromatic N) is 1. The van der Waals surface area contributed by atoms with Crippen LogP contribution in [0.15, 0.2) is 102 Å². The van der Waals surface area contributed by atoms with E-state index >= 15 is 0 Å². The van der Waals surface area contributed by atoms with E-state index in [1.807, 2.05) is 60.7 Å². The van der Waals surface area contributed by atoms with Crippen molar-refractivity contribution in [1.29, 1.82) is 0 Å². The first kappa shape index (κ1) is 18.8. The van der Waals surface area contributed by atoms with Crippen LogP contribution >= 0.6 is 7.29 Å². The van der Waals surface area contributed by atoms with Gasteiger partial charge in [0, 0.05) is 22.8 Å². The molecule has 0 fully saturated rings. The predicted molar refractivity (Wildman–Crippen MR) is 116 cm³/mol. The average molecular weight is 402 g/mol. The van der Waals surface area contributed by atoms with Crippen LogP contribution < -0.4 is 5.20 Å². The molecule has 0 aliphatic carbocycles. The van der Waals surface area contributed by atoms with E-state index in [0.717, 1.165) is 16.7 Å². The summed E-state index contributed by atoms with van der Waals surface area (Å²) in [4.78, 5) is 0. The molecule has 0 bridgehead atoms. The second kappa shape index (κ2) is 8.21. The zero-order valence-corrected chi connectivity index (χ0v) is 16.4. The summed E-state index contributed by atoms with van der Waals surface area (Å²) in [6.07, 6.45) is 1.56. The Labute approximate surface area is 169 Å². The van der Waals surface area contributed by atoms with Crippen LogP contribution in [0.4, 0.5) is 0 Å². The fraction of sp³-hybridized carbons (Fsp3) is 0. The molecule has 0 saturated carbocycles. The minimum Gasteiger partial charge on any atom is -0.508 e. The van der Waals surface area contributed by atoms with Gasteiger partial charge < -0.3 is 9.84 Å². The predicted octanol–water partition coefficient (Wildman–Crippen LogP) is 5.62. The minimum atomic E-state index is -3.15. The lowest BCUT2D eigenvalue weighted by Gasteiger charge is -2.22. The number of hydrogen-bond acceptors (Lipinski definition) is 4. The normalized spacial score (nSPS) is 15.3. The van der Waals surface area contributed by atoms with Gasteiger partial charge in [-0.3, -0.25) is 9.76 Å². The van der Waals surface area contributed by atoms with Crippen LogP contribution in [0, 0.1) is 0 Å². The van der Waals surface area contributed by atoms with Crippen molar-refractivity contribution in [3.05, 3.63) is 113 Å². The van der Waals surface area contributed by atoms with Crippen molar-refractivity contribution in [3.63, 3.8) is 0 Å². The van der Waals surface area contributed by atoms with Gasteiger partial charge in [-0.1, -0.05) is 60.7 Å². The van der Waals surface area contributed by atoms with Crippen molar-refractivity contribution in [1.82, 2.24) is 5.20 Å². The molecule has 3 aromatic rings. The first-order valence-electron chi connectivity index (χ1n) is 9.04. The highest BCUT2D eigenvalue weighted by atomic mass is 31.2. The number of phenols is 1. The van der Waals surface area contributed by atoms with Crippen molar-refractivity contribution >= 4 is 25.0 Å². The zero-order chi connectivity index (χ0) is 20.1. The number of rotatable bonds is 5. The Hall–Kier alpha value is -3.56. The largest absolute Gasteiger partial charge is 0.508 e. The summed E-state index contributed by atoms with van der Waals surface area (Å²) in [7, 11) is -3.15. The molecule has 0 saturated heterocycles. The lowest BCUT2D eigenvalue weighted by Crippen LogP contribution is -2.06. The Bertz CT molecular complexity index is 1060. The molecule has 6 heteroatoms. The molecule has 0 amide bonds. The van der Waals surface area contributed by atoms with Gasteiger partial charge in [-0.25, -0.2) is 0 Å². The monoisotopic (exact) mass is 402 g/mol. The highest BCUT2D eigenvalue weighted by molar-refractivity contribution is 7.68. The van der Waals surface area contributed by atoms with Gasteiger partial charge in [0.1, 0.15) is 17.3 Å². The zero-order valence-electron chi connectivity index (χ0n) is 15.5. The van der Waals surface area contributed by atoms with Crippen LogP contribution in [0.2, 0.25) is 0 Å². The smallest absolute Gasteiger partial charge is 0.235 e. The molecule has 1 heterocycles. The lowest BCUT2D eigenvalue weighted by molar-refractivity contribution is 0.468. The molecule has 0 unspecified atom stereocenters. The molecule has 0 atom stereocenters. The standard InChI is InChI=1S/C23H19N2O3P/c26-21-13-11-18(12-14-21)15-24-25-29(27)16-22(19-7-3-1-4-8-19)28-23(17-29)20-9-5-2-6-10-20/h1-17,26H,(H,25,27). The van der Waals surface area contributed by atoms with Crippen molar-refractivity contribution < 1.29 is 14.4 Å². The molecule has 3 aromatic carbocycles.